The Balaban J connectivity index is 1.77. The standard InChI is InChI=1S/C17H20N2O2S2/c1-11-10-19(7-6-14(11)20)17-18-9-15(23-17)16(21)12-4-3-5-13(8-12)22-2/h3-5,8-9,11,14,20H,6-7,10H2,1-2H3. The number of rotatable bonds is 4. The van der Waals surface area contributed by atoms with Crippen LogP contribution in [-0.4, -0.2) is 41.3 Å². The average Bonchev–Trinajstić information content (AvgIpc) is 3.06. The maximum absolute atomic E-state index is 12.6. The summed E-state index contributed by atoms with van der Waals surface area (Å²) in [5, 5.41) is 10.7. The molecule has 1 aliphatic heterocycles. The third-order valence-corrected chi connectivity index (χ3v) is 5.96. The van der Waals surface area contributed by atoms with Crippen LogP contribution < -0.4 is 4.90 Å². The topological polar surface area (TPSA) is 53.4 Å². The van der Waals surface area contributed by atoms with Crippen molar-refractivity contribution in [1.82, 2.24) is 4.98 Å². The minimum absolute atomic E-state index is 0.0229. The van der Waals surface area contributed by atoms with Crippen LogP contribution in [0.25, 0.3) is 0 Å². The van der Waals surface area contributed by atoms with Crippen molar-refractivity contribution < 1.29 is 9.90 Å². The molecule has 0 aliphatic carbocycles. The largest absolute Gasteiger partial charge is 0.393 e. The minimum atomic E-state index is -0.235. The fourth-order valence-electron chi connectivity index (χ4n) is 2.73. The first-order valence-electron chi connectivity index (χ1n) is 7.66. The molecule has 1 aromatic carbocycles. The second-order valence-corrected chi connectivity index (χ2v) is 7.74. The smallest absolute Gasteiger partial charge is 0.204 e. The number of piperidine rings is 1. The molecule has 1 fully saturated rings. The van der Waals surface area contributed by atoms with Crippen LogP contribution in [0.1, 0.15) is 28.6 Å². The number of carbonyl (C=O) groups excluding carboxylic acids is 1. The lowest BCUT2D eigenvalue weighted by molar-refractivity contribution is 0.0970. The number of thiazole rings is 1. The molecule has 1 aromatic heterocycles. The fraction of sp³-hybridized carbons (Fsp3) is 0.412. The predicted molar refractivity (Wildman–Crippen MR) is 95.8 cm³/mol. The van der Waals surface area contributed by atoms with Gasteiger partial charge in [0.05, 0.1) is 17.2 Å². The van der Waals surface area contributed by atoms with Crippen LogP contribution in [0.5, 0.6) is 0 Å². The normalized spacial score (nSPS) is 21.4. The highest BCUT2D eigenvalue weighted by Gasteiger charge is 2.26. The molecule has 4 nitrogen and oxygen atoms in total. The van der Waals surface area contributed by atoms with E-state index in [2.05, 4.69) is 9.88 Å². The summed E-state index contributed by atoms with van der Waals surface area (Å²) in [6, 6.07) is 7.68. The van der Waals surface area contributed by atoms with Crippen LogP contribution in [-0.2, 0) is 0 Å². The summed E-state index contributed by atoms with van der Waals surface area (Å²) >= 11 is 3.06. The Morgan fingerprint density at radius 1 is 1.48 bits per heavy atom. The lowest BCUT2D eigenvalue weighted by Crippen LogP contribution is -2.41. The summed E-state index contributed by atoms with van der Waals surface area (Å²) in [6.07, 6.45) is 4.19. The van der Waals surface area contributed by atoms with Crippen molar-refractivity contribution in [3.05, 3.63) is 40.9 Å². The van der Waals surface area contributed by atoms with Gasteiger partial charge in [-0.25, -0.2) is 4.98 Å². The number of hydrogen-bond acceptors (Lipinski definition) is 6. The predicted octanol–water partition coefficient (Wildman–Crippen LogP) is 3.30. The molecule has 2 heterocycles. The van der Waals surface area contributed by atoms with Gasteiger partial charge in [-0.3, -0.25) is 4.79 Å². The monoisotopic (exact) mass is 348 g/mol. The molecule has 122 valence electrons. The summed E-state index contributed by atoms with van der Waals surface area (Å²) < 4.78 is 0. The van der Waals surface area contributed by atoms with Crippen molar-refractivity contribution in [3.8, 4) is 0 Å². The molecule has 0 bridgehead atoms. The van der Waals surface area contributed by atoms with E-state index in [0.717, 1.165) is 29.5 Å². The number of anilines is 1. The van der Waals surface area contributed by atoms with Gasteiger partial charge in [0.15, 0.2) is 5.13 Å². The zero-order chi connectivity index (χ0) is 16.4. The Morgan fingerprint density at radius 3 is 3.04 bits per heavy atom. The van der Waals surface area contributed by atoms with Crippen molar-refractivity contribution in [2.75, 3.05) is 24.2 Å². The zero-order valence-electron chi connectivity index (χ0n) is 13.2. The Kier molecular flexibility index (Phi) is 5.04. The van der Waals surface area contributed by atoms with Crippen molar-refractivity contribution >= 4 is 34.0 Å². The second kappa shape index (κ2) is 7.03. The lowest BCUT2D eigenvalue weighted by atomic mass is 9.97. The molecular formula is C17H20N2O2S2. The number of aromatic nitrogens is 1. The highest BCUT2D eigenvalue weighted by atomic mass is 32.2. The minimum Gasteiger partial charge on any atom is -0.393 e. The molecule has 23 heavy (non-hydrogen) atoms. The van der Waals surface area contributed by atoms with E-state index < -0.39 is 0 Å². The van der Waals surface area contributed by atoms with Crippen molar-refractivity contribution in [2.45, 2.75) is 24.3 Å². The van der Waals surface area contributed by atoms with Crippen LogP contribution in [0, 0.1) is 5.92 Å². The molecule has 6 heteroatoms. The Labute approximate surface area is 144 Å². The summed E-state index contributed by atoms with van der Waals surface area (Å²) in [7, 11) is 0. The molecule has 1 saturated heterocycles. The number of ketones is 1. The van der Waals surface area contributed by atoms with Gasteiger partial charge in [0.1, 0.15) is 0 Å². The van der Waals surface area contributed by atoms with Crippen molar-refractivity contribution in [3.63, 3.8) is 0 Å². The quantitative estimate of drug-likeness (QED) is 0.679. The van der Waals surface area contributed by atoms with Crippen molar-refractivity contribution in [2.24, 2.45) is 5.92 Å². The van der Waals surface area contributed by atoms with Crippen LogP contribution in [0.3, 0.4) is 0 Å². The van der Waals surface area contributed by atoms with Gasteiger partial charge in [0, 0.05) is 23.5 Å². The first kappa shape index (κ1) is 16.5. The number of hydrogen-bond donors (Lipinski definition) is 1. The van der Waals surface area contributed by atoms with E-state index >= 15 is 0 Å². The number of thioether (sulfide) groups is 1. The summed E-state index contributed by atoms with van der Waals surface area (Å²) in [5.41, 5.74) is 0.703. The molecule has 0 saturated carbocycles. The highest BCUT2D eigenvalue weighted by Crippen LogP contribution is 2.29. The van der Waals surface area contributed by atoms with E-state index in [1.54, 1.807) is 18.0 Å². The number of aliphatic hydroxyl groups is 1. The second-order valence-electron chi connectivity index (χ2n) is 5.85. The number of carbonyl (C=O) groups is 1. The van der Waals surface area contributed by atoms with Gasteiger partial charge in [0.2, 0.25) is 5.78 Å². The van der Waals surface area contributed by atoms with E-state index in [4.69, 9.17) is 0 Å². The Morgan fingerprint density at radius 2 is 2.30 bits per heavy atom. The van der Waals surface area contributed by atoms with Crippen LogP contribution in [0.2, 0.25) is 0 Å². The van der Waals surface area contributed by atoms with Gasteiger partial charge >= 0.3 is 0 Å². The first-order valence-corrected chi connectivity index (χ1v) is 9.70. The van der Waals surface area contributed by atoms with Crippen LogP contribution in [0.15, 0.2) is 35.4 Å². The molecular weight excluding hydrogens is 328 g/mol. The van der Waals surface area contributed by atoms with Gasteiger partial charge < -0.3 is 10.0 Å². The Hall–Kier alpha value is -1.37. The van der Waals surface area contributed by atoms with Crippen LogP contribution in [0.4, 0.5) is 5.13 Å². The lowest BCUT2D eigenvalue weighted by Gasteiger charge is -2.34. The van der Waals surface area contributed by atoms with Crippen LogP contribution >= 0.6 is 23.1 Å². The zero-order valence-corrected chi connectivity index (χ0v) is 14.9. The maximum atomic E-state index is 12.6. The number of nitrogens with zero attached hydrogens (tertiary/aromatic N) is 2. The molecule has 0 amide bonds. The maximum Gasteiger partial charge on any atom is 0.204 e. The first-order chi connectivity index (χ1) is 11.1. The molecule has 2 unspecified atom stereocenters. The van der Waals surface area contributed by atoms with Gasteiger partial charge in [-0.05, 0) is 30.7 Å². The molecule has 3 rings (SSSR count). The van der Waals surface area contributed by atoms with E-state index in [-0.39, 0.29) is 17.8 Å². The molecule has 0 radical (unpaired) electrons. The third kappa shape index (κ3) is 3.59. The van der Waals surface area contributed by atoms with Crippen molar-refractivity contribution in [1.29, 1.82) is 0 Å². The van der Waals surface area contributed by atoms with E-state index in [0.29, 0.717) is 10.4 Å². The molecule has 1 aliphatic rings. The number of aliphatic hydroxyl groups excluding tert-OH is 1. The number of benzene rings is 1. The average molecular weight is 348 g/mol. The molecule has 2 aromatic rings. The summed E-state index contributed by atoms with van der Waals surface area (Å²) in [4.78, 5) is 21.0. The summed E-state index contributed by atoms with van der Waals surface area (Å²) in [5.74, 6) is 0.250. The SMILES string of the molecule is CSc1cccc(C(=O)c2cnc(N3CCC(O)C(C)C3)s2)c1. The highest BCUT2D eigenvalue weighted by molar-refractivity contribution is 7.98. The van der Waals surface area contributed by atoms with E-state index in [9.17, 15) is 9.90 Å². The van der Waals surface area contributed by atoms with Gasteiger partial charge in [-0.1, -0.05) is 30.4 Å². The fourth-order valence-corrected chi connectivity index (χ4v) is 4.10. The third-order valence-electron chi connectivity index (χ3n) is 4.18. The molecule has 2 atom stereocenters. The van der Waals surface area contributed by atoms with Gasteiger partial charge in [-0.2, -0.15) is 0 Å². The van der Waals surface area contributed by atoms with E-state index in [1.807, 2.05) is 37.4 Å². The van der Waals surface area contributed by atoms with E-state index in [1.165, 1.54) is 11.3 Å². The Bertz CT molecular complexity index is 701. The summed E-state index contributed by atoms with van der Waals surface area (Å²) in [6.45, 7) is 3.61. The molecule has 0 spiro atoms. The van der Waals surface area contributed by atoms with Gasteiger partial charge in [-0.15, -0.1) is 11.8 Å². The van der Waals surface area contributed by atoms with Gasteiger partial charge in [0.25, 0.3) is 0 Å². The molecule has 1 N–H and O–H groups in total.